The van der Waals surface area contributed by atoms with Crippen molar-refractivity contribution < 1.29 is 22.7 Å². The molecular formula is C24H27F3N2O2. The van der Waals surface area contributed by atoms with Gasteiger partial charge in [0.2, 0.25) is 0 Å². The van der Waals surface area contributed by atoms with Gasteiger partial charge in [0.25, 0.3) is 5.91 Å². The molecule has 0 saturated carbocycles. The molecule has 0 bridgehead atoms. The predicted octanol–water partition coefficient (Wildman–Crippen LogP) is 4.67. The smallest absolute Gasteiger partial charge is 0.416 e. The highest BCUT2D eigenvalue weighted by molar-refractivity contribution is 5.94. The van der Waals surface area contributed by atoms with Gasteiger partial charge in [0, 0.05) is 31.1 Å². The lowest BCUT2D eigenvalue weighted by Crippen LogP contribution is -2.32. The second-order valence-corrected chi connectivity index (χ2v) is 8.40. The number of rotatable bonds is 5. The van der Waals surface area contributed by atoms with E-state index in [2.05, 4.69) is 4.90 Å². The molecule has 0 N–H and O–H groups in total. The number of carbonyl (C=O) groups is 1. The van der Waals surface area contributed by atoms with Gasteiger partial charge in [0.05, 0.1) is 12.7 Å². The summed E-state index contributed by atoms with van der Waals surface area (Å²) in [6.45, 7) is 3.96. The fourth-order valence-corrected chi connectivity index (χ4v) is 4.86. The van der Waals surface area contributed by atoms with E-state index in [4.69, 9.17) is 4.74 Å². The largest absolute Gasteiger partial charge is 0.496 e. The molecule has 0 spiro atoms. The van der Waals surface area contributed by atoms with Crippen LogP contribution >= 0.6 is 0 Å². The number of nitrogens with zero attached hydrogens (tertiary/aromatic N) is 2. The quantitative estimate of drug-likeness (QED) is 0.689. The summed E-state index contributed by atoms with van der Waals surface area (Å²) in [6.07, 6.45) is -2.11. The average Bonchev–Trinajstić information content (AvgIpc) is 3.43. The molecule has 2 fully saturated rings. The highest BCUT2D eigenvalue weighted by Crippen LogP contribution is 2.39. The summed E-state index contributed by atoms with van der Waals surface area (Å²) in [4.78, 5) is 17.3. The standard InChI is InChI=1S/C24H27F3N2O2/c1-31-22-10-3-2-9-20(22)21-16-29(15-18(21)14-28-11-4-5-12-28)23(30)17-7-6-8-19(13-17)24(25,26)27/h2-3,6-10,13,18,21H,4-5,11-12,14-16H2,1H3. The number of hydrogen-bond donors (Lipinski definition) is 0. The van der Waals surface area contributed by atoms with Crippen LogP contribution in [0.1, 0.15) is 40.2 Å². The molecular weight excluding hydrogens is 405 g/mol. The maximum Gasteiger partial charge on any atom is 0.416 e. The molecule has 2 atom stereocenters. The zero-order valence-electron chi connectivity index (χ0n) is 17.6. The minimum Gasteiger partial charge on any atom is -0.496 e. The second-order valence-electron chi connectivity index (χ2n) is 8.40. The highest BCUT2D eigenvalue weighted by atomic mass is 19.4. The van der Waals surface area contributed by atoms with Gasteiger partial charge in [-0.2, -0.15) is 13.2 Å². The summed E-state index contributed by atoms with van der Waals surface area (Å²) >= 11 is 0. The fraction of sp³-hybridized carbons (Fsp3) is 0.458. The van der Waals surface area contributed by atoms with Crippen molar-refractivity contribution in [3.63, 3.8) is 0 Å². The van der Waals surface area contributed by atoms with Crippen molar-refractivity contribution in [2.24, 2.45) is 5.92 Å². The van der Waals surface area contributed by atoms with Crippen LogP contribution in [0.25, 0.3) is 0 Å². The lowest BCUT2D eigenvalue weighted by molar-refractivity contribution is -0.137. The number of benzene rings is 2. The second kappa shape index (κ2) is 8.91. The molecule has 2 aromatic rings. The number of carbonyl (C=O) groups excluding carboxylic acids is 1. The summed E-state index contributed by atoms with van der Waals surface area (Å²) in [6, 6.07) is 12.5. The SMILES string of the molecule is COc1ccccc1C1CN(C(=O)c2cccc(C(F)(F)F)c2)CC1CN1CCCC1. The van der Waals surface area contributed by atoms with Gasteiger partial charge >= 0.3 is 6.18 Å². The van der Waals surface area contributed by atoms with Crippen LogP contribution in [-0.2, 0) is 6.18 Å². The number of halogens is 3. The molecule has 0 radical (unpaired) electrons. The molecule has 7 heteroatoms. The van der Waals surface area contributed by atoms with E-state index in [1.807, 2.05) is 24.3 Å². The maximum atomic E-state index is 13.2. The van der Waals surface area contributed by atoms with E-state index in [9.17, 15) is 18.0 Å². The first-order valence-corrected chi connectivity index (χ1v) is 10.7. The number of hydrogen-bond acceptors (Lipinski definition) is 3. The summed E-state index contributed by atoms with van der Waals surface area (Å²) in [5.74, 6) is 0.706. The van der Waals surface area contributed by atoms with Crippen LogP contribution in [0.5, 0.6) is 5.75 Å². The molecule has 4 rings (SSSR count). The molecule has 166 valence electrons. The number of alkyl halides is 3. The van der Waals surface area contributed by atoms with Crippen LogP contribution in [0, 0.1) is 5.92 Å². The highest BCUT2D eigenvalue weighted by Gasteiger charge is 2.39. The summed E-state index contributed by atoms with van der Waals surface area (Å²) in [5.41, 5.74) is 0.330. The molecule has 2 aliphatic heterocycles. The first-order chi connectivity index (χ1) is 14.9. The molecule has 1 amide bonds. The first kappa shape index (κ1) is 21.7. The average molecular weight is 432 g/mol. The fourth-order valence-electron chi connectivity index (χ4n) is 4.86. The van der Waals surface area contributed by atoms with E-state index in [-0.39, 0.29) is 23.3 Å². The maximum absolute atomic E-state index is 13.2. The van der Waals surface area contributed by atoms with Crippen molar-refractivity contribution >= 4 is 5.91 Å². The van der Waals surface area contributed by atoms with E-state index in [0.29, 0.717) is 13.1 Å². The van der Waals surface area contributed by atoms with Crippen molar-refractivity contribution in [3.8, 4) is 5.75 Å². The van der Waals surface area contributed by atoms with Crippen LogP contribution in [0.2, 0.25) is 0 Å². The van der Waals surface area contributed by atoms with E-state index < -0.39 is 11.7 Å². The zero-order chi connectivity index (χ0) is 22.0. The Morgan fingerprint density at radius 3 is 2.52 bits per heavy atom. The Morgan fingerprint density at radius 2 is 1.81 bits per heavy atom. The van der Waals surface area contributed by atoms with Crippen molar-refractivity contribution in [2.45, 2.75) is 24.9 Å². The van der Waals surface area contributed by atoms with Gasteiger partial charge < -0.3 is 14.5 Å². The van der Waals surface area contributed by atoms with Crippen molar-refractivity contribution in [1.82, 2.24) is 9.80 Å². The van der Waals surface area contributed by atoms with E-state index in [0.717, 1.165) is 43.1 Å². The van der Waals surface area contributed by atoms with Crippen LogP contribution in [0.3, 0.4) is 0 Å². The van der Waals surface area contributed by atoms with E-state index >= 15 is 0 Å². The Hall–Kier alpha value is -2.54. The van der Waals surface area contributed by atoms with Gasteiger partial charge in [0.15, 0.2) is 0 Å². The van der Waals surface area contributed by atoms with Crippen molar-refractivity contribution in [2.75, 3.05) is 39.8 Å². The number of likely N-dealkylation sites (tertiary alicyclic amines) is 2. The number of ether oxygens (including phenoxy) is 1. The van der Waals surface area contributed by atoms with Gasteiger partial charge in [0.1, 0.15) is 5.75 Å². The molecule has 2 aromatic carbocycles. The third-order valence-corrected chi connectivity index (χ3v) is 6.39. The number of methoxy groups -OCH3 is 1. The van der Waals surface area contributed by atoms with Crippen LogP contribution < -0.4 is 4.74 Å². The first-order valence-electron chi connectivity index (χ1n) is 10.7. The van der Waals surface area contributed by atoms with Crippen molar-refractivity contribution in [3.05, 3.63) is 65.2 Å². The monoisotopic (exact) mass is 432 g/mol. The van der Waals surface area contributed by atoms with Gasteiger partial charge in [-0.1, -0.05) is 24.3 Å². The normalized spacial score (nSPS) is 22.1. The molecule has 2 saturated heterocycles. The molecule has 2 aliphatic rings. The van der Waals surface area contributed by atoms with Gasteiger partial charge in [-0.05, 0) is 61.7 Å². The van der Waals surface area contributed by atoms with Crippen molar-refractivity contribution in [1.29, 1.82) is 0 Å². The van der Waals surface area contributed by atoms with E-state index in [1.165, 1.54) is 25.0 Å². The molecule has 2 heterocycles. The van der Waals surface area contributed by atoms with Gasteiger partial charge in [-0.15, -0.1) is 0 Å². The Kier molecular flexibility index (Phi) is 6.23. The minimum atomic E-state index is -4.47. The number of para-hydroxylation sites is 1. The minimum absolute atomic E-state index is 0.0755. The third-order valence-electron chi connectivity index (χ3n) is 6.39. The van der Waals surface area contributed by atoms with Crippen LogP contribution in [-0.4, -0.2) is 55.5 Å². The van der Waals surface area contributed by atoms with E-state index in [1.54, 1.807) is 12.0 Å². The Labute approximate surface area is 180 Å². The predicted molar refractivity (Wildman–Crippen MR) is 112 cm³/mol. The van der Waals surface area contributed by atoms with Crippen LogP contribution in [0.15, 0.2) is 48.5 Å². The molecule has 4 nitrogen and oxygen atoms in total. The lowest BCUT2D eigenvalue weighted by atomic mass is 9.88. The Balaban J connectivity index is 1.60. The summed E-state index contributed by atoms with van der Waals surface area (Å²) in [7, 11) is 1.63. The molecule has 0 aliphatic carbocycles. The molecule has 2 unspecified atom stereocenters. The Morgan fingerprint density at radius 1 is 1.06 bits per heavy atom. The van der Waals surface area contributed by atoms with Gasteiger partial charge in [-0.25, -0.2) is 0 Å². The topological polar surface area (TPSA) is 32.8 Å². The van der Waals surface area contributed by atoms with Crippen LogP contribution in [0.4, 0.5) is 13.2 Å². The summed E-state index contributed by atoms with van der Waals surface area (Å²) in [5, 5.41) is 0. The summed E-state index contributed by atoms with van der Waals surface area (Å²) < 4.78 is 44.9. The third kappa shape index (κ3) is 4.71. The number of amides is 1. The molecule has 0 aromatic heterocycles. The zero-order valence-corrected chi connectivity index (χ0v) is 17.6. The Bertz CT molecular complexity index is 925. The lowest BCUT2D eigenvalue weighted by Gasteiger charge is -2.25. The molecule has 31 heavy (non-hydrogen) atoms. The van der Waals surface area contributed by atoms with Gasteiger partial charge in [-0.3, -0.25) is 4.79 Å².